The van der Waals surface area contributed by atoms with E-state index in [4.69, 9.17) is 0 Å². The number of nitrogens with one attached hydrogen (secondary N) is 2. The van der Waals surface area contributed by atoms with Crippen molar-refractivity contribution in [3.63, 3.8) is 0 Å². The van der Waals surface area contributed by atoms with Gasteiger partial charge in [0.05, 0.1) is 18.0 Å². The summed E-state index contributed by atoms with van der Waals surface area (Å²) in [6.45, 7) is 2.05. The summed E-state index contributed by atoms with van der Waals surface area (Å²) in [6.07, 6.45) is 4.44. The normalized spacial score (nSPS) is 25.2. The van der Waals surface area contributed by atoms with Gasteiger partial charge in [0.25, 0.3) is 0 Å². The van der Waals surface area contributed by atoms with Gasteiger partial charge in [-0.25, -0.2) is 13.1 Å². The molecular formula is C11H19N3O3S. The predicted octanol–water partition coefficient (Wildman–Crippen LogP) is 0.548. The molecule has 0 radical (unpaired) electrons. The monoisotopic (exact) mass is 273 g/mol. The minimum absolute atomic E-state index is 0.193. The van der Waals surface area contributed by atoms with Crippen molar-refractivity contribution >= 4 is 10.0 Å². The maximum absolute atomic E-state index is 12.0. The van der Waals surface area contributed by atoms with E-state index in [1.807, 2.05) is 0 Å². The number of aliphatic hydroxyl groups excluding tert-OH is 1. The Morgan fingerprint density at radius 2 is 2.33 bits per heavy atom. The fourth-order valence-corrected chi connectivity index (χ4v) is 3.61. The third kappa shape index (κ3) is 3.09. The Balaban J connectivity index is 1.95. The topological polar surface area (TPSA) is 95.1 Å². The van der Waals surface area contributed by atoms with Crippen LogP contribution in [0.3, 0.4) is 0 Å². The zero-order valence-electron chi connectivity index (χ0n) is 10.4. The number of H-pyrrole nitrogens is 1. The molecule has 102 valence electrons. The Kier molecular flexibility index (Phi) is 4.04. The summed E-state index contributed by atoms with van der Waals surface area (Å²) in [5.74, 6) is 0.218. The minimum atomic E-state index is -3.49. The predicted molar refractivity (Wildman–Crippen MR) is 66.5 cm³/mol. The van der Waals surface area contributed by atoms with Crippen LogP contribution in [0.25, 0.3) is 0 Å². The van der Waals surface area contributed by atoms with Gasteiger partial charge in [0.15, 0.2) is 0 Å². The van der Waals surface area contributed by atoms with E-state index < -0.39 is 10.0 Å². The molecule has 0 spiro atoms. The van der Waals surface area contributed by atoms with E-state index >= 15 is 0 Å². The zero-order valence-corrected chi connectivity index (χ0v) is 11.2. The summed E-state index contributed by atoms with van der Waals surface area (Å²) in [6, 6.07) is 0. The molecule has 1 fully saturated rings. The van der Waals surface area contributed by atoms with Gasteiger partial charge >= 0.3 is 0 Å². The van der Waals surface area contributed by atoms with Gasteiger partial charge in [0, 0.05) is 6.54 Å². The van der Waals surface area contributed by atoms with Crippen molar-refractivity contribution in [2.45, 2.75) is 43.6 Å². The molecule has 1 heterocycles. The first-order valence-electron chi connectivity index (χ1n) is 6.17. The van der Waals surface area contributed by atoms with Crippen molar-refractivity contribution in [3.8, 4) is 0 Å². The smallest absolute Gasteiger partial charge is 0.243 e. The van der Waals surface area contributed by atoms with Gasteiger partial charge in [0.2, 0.25) is 10.0 Å². The molecule has 3 N–H and O–H groups in total. The Bertz CT molecular complexity index is 497. The average molecular weight is 273 g/mol. The molecule has 2 unspecified atom stereocenters. The van der Waals surface area contributed by atoms with E-state index in [9.17, 15) is 13.5 Å². The van der Waals surface area contributed by atoms with Crippen LogP contribution in [0.1, 0.15) is 31.4 Å². The van der Waals surface area contributed by atoms with Crippen molar-refractivity contribution < 1.29 is 13.5 Å². The molecule has 1 aromatic rings. The SMILES string of the molecule is Cc1[nH]ncc1S(=O)(=O)NCC1CCCC(O)C1. The molecule has 0 amide bonds. The van der Waals surface area contributed by atoms with Crippen LogP contribution in [0, 0.1) is 12.8 Å². The molecule has 0 aromatic carbocycles. The number of aliphatic hydroxyl groups is 1. The summed E-state index contributed by atoms with van der Waals surface area (Å²) in [5.41, 5.74) is 0.533. The van der Waals surface area contributed by atoms with Gasteiger partial charge in [-0.2, -0.15) is 5.10 Å². The van der Waals surface area contributed by atoms with Crippen molar-refractivity contribution in [3.05, 3.63) is 11.9 Å². The van der Waals surface area contributed by atoms with Crippen LogP contribution in [0.2, 0.25) is 0 Å². The highest BCUT2D eigenvalue weighted by molar-refractivity contribution is 7.89. The number of hydrogen-bond acceptors (Lipinski definition) is 4. The lowest BCUT2D eigenvalue weighted by atomic mass is 9.87. The van der Waals surface area contributed by atoms with Gasteiger partial charge < -0.3 is 5.11 Å². The number of sulfonamides is 1. The number of rotatable bonds is 4. The zero-order chi connectivity index (χ0) is 13.2. The van der Waals surface area contributed by atoms with Crippen LogP contribution in [-0.4, -0.2) is 36.4 Å². The highest BCUT2D eigenvalue weighted by atomic mass is 32.2. The highest BCUT2D eigenvalue weighted by Crippen LogP contribution is 2.24. The van der Waals surface area contributed by atoms with Crippen molar-refractivity contribution in [1.82, 2.24) is 14.9 Å². The van der Waals surface area contributed by atoms with Crippen LogP contribution in [-0.2, 0) is 10.0 Å². The van der Waals surface area contributed by atoms with Gasteiger partial charge in [-0.3, -0.25) is 5.10 Å². The molecule has 1 aromatic heterocycles. The maximum Gasteiger partial charge on any atom is 0.243 e. The molecule has 1 saturated carbocycles. The summed E-state index contributed by atoms with van der Waals surface area (Å²) in [7, 11) is -3.49. The molecule has 0 aliphatic heterocycles. The molecule has 0 bridgehead atoms. The molecule has 2 atom stereocenters. The fourth-order valence-electron chi connectivity index (χ4n) is 2.36. The summed E-state index contributed by atoms with van der Waals surface area (Å²) in [5, 5.41) is 15.9. The first kappa shape index (κ1) is 13.5. The van der Waals surface area contributed by atoms with Crippen molar-refractivity contribution in [2.24, 2.45) is 5.92 Å². The first-order valence-corrected chi connectivity index (χ1v) is 7.65. The van der Waals surface area contributed by atoms with Crippen LogP contribution < -0.4 is 4.72 Å². The van der Waals surface area contributed by atoms with Crippen molar-refractivity contribution in [1.29, 1.82) is 0 Å². The number of aryl methyl sites for hydroxylation is 1. The third-order valence-corrected chi connectivity index (χ3v) is 4.93. The molecule has 18 heavy (non-hydrogen) atoms. The Morgan fingerprint density at radius 1 is 1.56 bits per heavy atom. The second-order valence-electron chi connectivity index (χ2n) is 4.90. The van der Waals surface area contributed by atoms with Crippen LogP contribution in [0.15, 0.2) is 11.1 Å². The largest absolute Gasteiger partial charge is 0.393 e. The van der Waals surface area contributed by atoms with Crippen LogP contribution in [0.5, 0.6) is 0 Å². The summed E-state index contributed by atoms with van der Waals surface area (Å²) < 4.78 is 26.6. The van der Waals surface area contributed by atoms with E-state index in [1.165, 1.54) is 6.20 Å². The van der Waals surface area contributed by atoms with Gasteiger partial charge in [-0.05, 0) is 32.1 Å². The Labute approximate surface area is 107 Å². The van der Waals surface area contributed by atoms with E-state index in [2.05, 4.69) is 14.9 Å². The van der Waals surface area contributed by atoms with E-state index in [0.717, 1.165) is 19.3 Å². The fraction of sp³-hybridized carbons (Fsp3) is 0.727. The lowest BCUT2D eigenvalue weighted by molar-refractivity contribution is 0.102. The maximum atomic E-state index is 12.0. The Hall–Kier alpha value is -0.920. The summed E-state index contributed by atoms with van der Waals surface area (Å²) in [4.78, 5) is 0.193. The summed E-state index contributed by atoms with van der Waals surface area (Å²) >= 11 is 0. The average Bonchev–Trinajstić information content (AvgIpc) is 2.74. The van der Waals surface area contributed by atoms with E-state index in [1.54, 1.807) is 6.92 Å². The highest BCUT2D eigenvalue weighted by Gasteiger charge is 2.24. The minimum Gasteiger partial charge on any atom is -0.393 e. The Morgan fingerprint density at radius 3 is 2.94 bits per heavy atom. The first-order chi connectivity index (χ1) is 8.49. The second-order valence-corrected chi connectivity index (χ2v) is 6.63. The number of aromatic amines is 1. The number of aromatic nitrogens is 2. The van der Waals surface area contributed by atoms with Gasteiger partial charge in [-0.15, -0.1) is 0 Å². The standard InChI is InChI=1S/C11H19N3O3S/c1-8-11(7-12-14-8)18(16,17)13-6-9-3-2-4-10(15)5-9/h7,9-10,13,15H,2-6H2,1H3,(H,12,14). The number of hydrogen-bond donors (Lipinski definition) is 3. The lowest BCUT2D eigenvalue weighted by Gasteiger charge is -2.25. The van der Waals surface area contributed by atoms with Crippen LogP contribution >= 0.6 is 0 Å². The quantitative estimate of drug-likeness (QED) is 0.746. The molecule has 1 aliphatic carbocycles. The third-order valence-electron chi connectivity index (χ3n) is 3.39. The molecular weight excluding hydrogens is 254 g/mol. The van der Waals surface area contributed by atoms with Gasteiger partial charge in [-0.1, -0.05) is 6.42 Å². The van der Waals surface area contributed by atoms with E-state index in [-0.39, 0.29) is 16.9 Å². The molecule has 7 heteroatoms. The molecule has 0 saturated heterocycles. The van der Waals surface area contributed by atoms with Crippen molar-refractivity contribution in [2.75, 3.05) is 6.54 Å². The van der Waals surface area contributed by atoms with Gasteiger partial charge in [0.1, 0.15) is 4.90 Å². The molecule has 1 aliphatic rings. The number of nitrogens with zero attached hydrogens (tertiary/aromatic N) is 1. The molecule has 6 nitrogen and oxygen atoms in total. The molecule has 2 rings (SSSR count). The van der Waals surface area contributed by atoms with Crippen LogP contribution in [0.4, 0.5) is 0 Å². The van der Waals surface area contributed by atoms with E-state index in [0.29, 0.717) is 18.7 Å². The lowest BCUT2D eigenvalue weighted by Crippen LogP contribution is -2.33. The second kappa shape index (κ2) is 5.38.